The molecular weight excluding hydrogens is 212 g/mol. The third kappa shape index (κ3) is 5.71. The normalized spacial score (nSPS) is 16.5. The molecule has 0 aromatic rings. The van der Waals surface area contributed by atoms with Gasteiger partial charge in [-0.05, 0) is 19.5 Å². The minimum Gasteiger partial charge on any atom is -0.434 e. The average Bonchev–Trinajstić information content (AvgIpc) is 2.17. The summed E-state index contributed by atoms with van der Waals surface area (Å²) in [5.41, 5.74) is 0. The van der Waals surface area contributed by atoms with Crippen molar-refractivity contribution in [1.29, 1.82) is 0 Å². The van der Waals surface area contributed by atoms with Gasteiger partial charge in [-0.1, -0.05) is 19.9 Å². The number of hydrogen-bond acceptors (Lipinski definition) is 4. The lowest BCUT2D eigenvalue weighted by atomic mass is 10.6. The fourth-order valence-electron chi connectivity index (χ4n) is 1.25. The van der Waals surface area contributed by atoms with Gasteiger partial charge in [0.15, 0.2) is 6.29 Å². The largest absolute Gasteiger partial charge is 0.434 e. The van der Waals surface area contributed by atoms with Crippen LogP contribution < -0.4 is 0 Å². The molecule has 0 heterocycles. The van der Waals surface area contributed by atoms with Crippen molar-refractivity contribution in [1.82, 2.24) is 0 Å². The molecule has 0 spiro atoms. The number of ether oxygens (including phenoxy) is 1. The molecule has 2 unspecified atom stereocenters. The van der Waals surface area contributed by atoms with Crippen LogP contribution in [0.1, 0.15) is 20.3 Å². The zero-order valence-electron chi connectivity index (χ0n) is 9.91. The summed E-state index contributed by atoms with van der Waals surface area (Å²) in [4.78, 5) is 10.9. The minimum absolute atomic E-state index is 0.480. The molecule has 0 radical (unpaired) electrons. The van der Waals surface area contributed by atoms with E-state index in [4.69, 9.17) is 13.6 Å². The number of esters is 1. The highest BCUT2D eigenvalue weighted by molar-refractivity contribution is 6.66. The molecule has 0 aliphatic carbocycles. The number of carbonyl (C=O) groups is 1. The fraction of sp³-hybridized carbons (Fsp3) is 0.700. The molecule has 0 saturated heterocycles. The molecule has 2 atom stereocenters. The highest BCUT2D eigenvalue weighted by Crippen LogP contribution is 2.17. The Morgan fingerprint density at radius 1 is 1.60 bits per heavy atom. The van der Waals surface area contributed by atoms with Crippen molar-refractivity contribution in [3.8, 4) is 0 Å². The van der Waals surface area contributed by atoms with E-state index in [1.54, 1.807) is 14.0 Å². The average molecular weight is 232 g/mol. The summed E-state index contributed by atoms with van der Waals surface area (Å²) >= 11 is 0. The van der Waals surface area contributed by atoms with E-state index in [1.807, 2.05) is 6.55 Å². The van der Waals surface area contributed by atoms with Crippen molar-refractivity contribution in [2.24, 2.45) is 0 Å². The van der Waals surface area contributed by atoms with Crippen LogP contribution in [0, 0.1) is 0 Å². The second kappa shape index (κ2) is 6.76. The van der Waals surface area contributed by atoms with Crippen LogP contribution in [0.15, 0.2) is 12.7 Å². The van der Waals surface area contributed by atoms with Crippen LogP contribution >= 0.6 is 0 Å². The van der Waals surface area contributed by atoms with Crippen LogP contribution in [0.3, 0.4) is 0 Å². The van der Waals surface area contributed by atoms with Gasteiger partial charge in [0.1, 0.15) is 0 Å². The molecule has 0 rings (SSSR count). The zero-order chi connectivity index (χ0) is 11.9. The maximum Gasteiger partial charge on any atom is 0.337 e. The van der Waals surface area contributed by atoms with Gasteiger partial charge in [0.25, 0.3) is 0 Å². The van der Waals surface area contributed by atoms with Crippen LogP contribution in [-0.4, -0.2) is 27.9 Å². The van der Waals surface area contributed by atoms with Crippen LogP contribution in [0.2, 0.25) is 12.6 Å². The third-order valence-corrected chi connectivity index (χ3v) is 5.10. The molecule has 88 valence electrons. The van der Waals surface area contributed by atoms with Gasteiger partial charge in [0.2, 0.25) is 0 Å². The summed E-state index contributed by atoms with van der Waals surface area (Å²) in [6.45, 7) is 9.02. The standard InChI is InChI=1S/C10H20O4Si/c1-6-8-15(5,12-4)14-9(3)13-10(11)7-2/h7,9H,2,6,8H2,1,3-5H3. The molecule has 5 heteroatoms. The predicted octanol–water partition coefficient (Wildman–Crippen LogP) is 2.21. The van der Waals surface area contributed by atoms with Crippen molar-refractivity contribution in [2.45, 2.75) is 39.1 Å². The van der Waals surface area contributed by atoms with E-state index < -0.39 is 20.8 Å². The minimum atomic E-state index is -2.18. The predicted molar refractivity (Wildman–Crippen MR) is 60.6 cm³/mol. The lowest BCUT2D eigenvalue weighted by Gasteiger charge is -2.27. The van der Waals surface area contributed by atoms with Gasteiger partial charge in [-0.25, -0.2) is 4.79 Å². The van der Waals surface area contributed by atoms with Crippen molar-refractivity contribution < 1.29 is 18.4 Å². The molecule has 0 N–H and O–H groups in total. The molecule has 4 nitrogen and oxygen atoms in total. The first-order valence-corrected chi connectivity index (χ1v) is 7.55. The summed E-state index contributed by atoms with van der Waals surface area (Å²) in [5.74, 6) is -0.480. The molecule has 0 bridgehead atoms. The van der Waals surface area contributed by atoms with Gasteiger partial charge in [-0.15, -0.1) is 0 Å². The first-order chi connectivity index (χ1) is 6.97. The van der Waals surface area contributed by atoms with Crippen molar-refractivity contribution in [2.75, 3.05) is 7.11 Å². The van der Waals surface area contributed by atoms with Crippen molar-refractivity contribution >= 4 is 14.5 Å². The summed E-state index contributed by atoms with van der Waals surface area (Å²) in [6.07, 6.45) is 1.52. The maximum atomic E-state index is 10.9. The first kappa shape index (κ1) is 14.3. The molecule has 0 saturated carbocycles. The Hall–Kier alpha value is -0.653. The summed E-state index contributed by atoms with van der Waals surface area (Å²) < 4.78 is 15.9. The molecule has 0 amide bonds. The molecule has 0 aromatic heterocycles. The summed E-state index contributed by atoms with van der Waals surface area (Å²) in [7, 11) is -0.549. The van der Waals surface area contributed by atoms with Crippen molar-refractivity contribution in [3.63, 3.8) is 0 Å². The molecule has 15 heavy (non-hydrogen) atoms. The van der Waals surface area contributed by atoms with Gasteiger partial charge < -0.3 is 13.6 Å². The highest BCUT2D eigenvalue weighted by atomic mass is 28.4. The van der Waals surface area contributed by atoms with E-state index in [-0.39, 0.29) is 0 Å². The molecule has 0 aliphatic heterocycles. The number of carbonyl (C=O) groups excluding carboxylic acids is 1. The number of hydrogen-bond donors (Lipinski definition) is 0. The Labute approximate surface area is 92.5 Å². The van der Waals surface area contributed by atoms with Gasteiger partial charge >= 0.3 is 14.5 Å². The molecule has 0 fully saturated rings. The Bertz CT molecular complexity index is 219. The van der Waals surface area contributed by atoms with E-state index in [0.717, 1.165) is 18.5 Å². The second-order valence-electron chi connectivity index (χ2n) is 3.41. The molecule has 0 aliphatic rings. The van der Waals surface area contributed by atoms with Crippen LogP contribution in [0.25, 0.3) is 0 Å². The van der Waals surface area contributed by atoms with E-state index in [9.17, 15) is 4.79 Å². The van der Waals surface area contributed by atoms with Gasteiger partial charge in [0, 0.05) is 13.2 Å². The van der Waals surface area contributed by atoms with Crippen LogP contribution in [-0.2, 0) is 18.4 Å². The van der Waals surface area contributed by atoms with E-state index >= 15 is 0 Å². The van der Waals surface area contributed by atoms with E-state index in [0.29, 0.717) is 0 Å². The smallest absolute Gasteiger partial charge is 0.337 e. The van der Waals surface area contributed by atoms with E-state index in [2.05, 4.69) is 13.5 Å². The fourth-order valence-corrected chi connectivity index (χ4v) is 3.33. The Balaban J connectivity index is 4.16. The first-order valence-electron chi connectivity index (χ1n) is 5.03. The third-order valence-electron chi connectivity index (χ3n) is 2.00. The van der Waals surface area contributed by atoms with Gasteiger partial charge in [0.05, 0.1) is 0 Å². The van der Waals surface area contributed by atoms with Gasteiger partial charge in [-0.2, -0.15) is 0 Å². The van der Waals surface area contributed by atoms with Crippen LogP contribution in [0.5, 0.6) is 0 Å². The Morgan fingerprint density at radius 2 is 2.20 bits per heavy atom. The lowest BCUT2D eigenvalue weighted by molar-refractivity contribution is -0.157. The summed E-state index contributed by atoms with van der Waals surface area (Å²) in [6, 6.07) is 0.874. The quantitative estimate of drug-likeness (QED) is 0.292. The second-order valence-corrected chi connectivity index (χ2v) is 6.83. The Kier molecular flexibility index (Phi) is 6.47. The highest BCUT2D eigenvalue weighted by Gasteiger charge is 2.32. The number of rotatable bonds is 7. The topological polar surface area (TPSA) is 44.8 Å². The van der Waals surface area contributed by atoms with Crippen molar-refractivity contribution in [3.05, 3.63) is 12.7 Å². The zero-order valence-corrected chi connectivity index (χ0v) is 10.9. The molecular formula is C10H20O4Si. The monoisotopic (exact) mass is 232 g/mol. The van der Waals surface area contributed by atoms with Crippen LogP contribution in [0.4, 0.5) is 0 Å². The lowest BCUT2D eigenvalue weighted by Crippen LogP contribution is -2.41. The maximum absolute atomic E-state index is 10.9. The van der Waals surface area contributed by atoms with E-state index in [1.165, 1.54) is 0 Å². The SMILES string of the molecule is C=CC(=O)OC(C)O[Si](C)(CCC)OC. The Morgan fingerprint density at radius 3 is 2.60 bits per heavy atom. The summed E-state index contributed by atoms with van der Waals surface area (Å²) in [5, 5.41) is 0. The van der Waals surface area contributed by atoms with Gasteiger partial charge in [-0.3, -0.25) is 0 Å². The molecule has 0 aromatic carbocycles.